The molecule has 116 valence electrons. The van der Waals surface area contributed by atoms with Crippen LogP contribution in [0.4, 0.5) is 5.82 Å². The molecule has 22 heavy (non-hydrogen) atoms. The van der Waals surface area contributed by atoms with Gasteiger partial charge in [0.05, 0.1) is 12.2 Å². The standard InChI is InChI=1S/C16H20N4O2/c1-21-10-11-6-7-20(9-11)14-5-4-13(8-17-14)16-18-15(19-22-16)12-2-3-12/h4-5,8,11-12H,2-3,6-7,9-10H2,1H3. The van der Waals surface area contributed by atoms with Crippen LogP contribution in [0.5, 0.6) is 0 Å². The molecule has 0 aromatic carbocycles. The molecule has 2 aliphatic rings. The van der Waals surface area contributed by atoms with Crippen molar-refractivity contribution in [3.05, 3.63) is 24.2 Å². The molecular weight excluding hydrogens is 280 g/mol. The number of aromatic nitrogens is 3. The predicted octanol–water partition coefficient (Wildman–Crippen LogP) is 2.48. The van der Waals surface area contributed by atoms with Gasteiger partial charge in [0.15, 0.2) is 5.82 Å². The molecule has 2 aromatic heterocycles. The van der Waals surface area contributed by atoms with E-state index in [0.29, 0.717) is 17.7 Å². The van der Waals surface area contributed by atoms with Crippen LogP contribution in [-0.2, 0) is 4.74 Å². The number of ether oxygens (including phenoxy) is 1. The Kier molecular flexibility index (Phi) is 3.54. The van der Waals surface area contributed by atoms with E-state index in [1.807, 2.05) is 18.3 Å². The summed E-state index contributed by atoms with van der Waals surface area (Å²) in [5.74, 6) is 3.51. The zero-order valence-corrected chi connectivity index (χ0v) is 12.7. The number of pyridine rings is 1. The molecule has 6 heteroatoms. The molecule has 2 fully saturated rings. The van der Waals surface area contributed by atoms with Gasteiger partial charge in [-0.1, -0.05) is 5.16 Å². The van der Waals surface area contributed by atoms with Gasteiger partial charge in [-0.15, -0.1) is 0 Å². The summed E-state index contributed by atoms with van der Waals surface area (Å²) in [6.07, 6.45) is 5.33. The molecule has 0 N–H and O–H groups in total. The van der Waals surface area contributed by atoms with Crippen LogP contribution in [0.15, 0.2) is 22.9 Å². The first kappa shape index (κ1) is 13.7. The number of anilines is 1. The quantitative estimate of drug-likeness (QED) is 0.845. The molecular formula is C16H20N4O2. The summed E-state index contributed by atoms with van der Waals surface area (Å²) >= 11 is 0. The van der Waals surface area contributed by atoms with Crippen LogP contribution >= 0.6 is 0 Å². The van der Waals surface area contributed by atoms with E-state index in [2.05, 4.69) is 20.0 Å². The first-order chi connectivity index (χ1) is 10.8. The molecule has 6 nitrogen and oxygen atoms in total. The Labute approximate surface area is 129 Å². The summed E-state index contributed by atoms with van der Waals surface area (Å²) in [6, 6.07) is 4.04. The zero-order valence-electron chi connectivity index (χ0n) is 12.7. The molecule has 2 aromatic rings. The summed E-state index contributed by atoms with van der Waals surface area (Å²) in [6.45, 7) is 2.86. The first-order valence-corrected chi connectivity index (χ1v) is 7.87. The third kappa shape index (κ3) is 2.70. The maximum atomic E-state index is 5.34. The second-order valence-electron chi connectivity index (χ2n) is 6.19. The molecule has 1 aliphatic carbocycles. The van der Waals surface area contributed by atoms with Gasteiger partial charge in [-0.3, -0.25) is 0 Å². The highest BCUT2D eigenvalue weighted by atomic mass is 16.5. The van der Waals surface area contributed by atoms with Crippen molar-refractivity contribution in [1.29, 1.82) is 0 Å². The largest absolute Gasteiger partial charge is 0.384 e. The molecule has 0 spiro atoms. The summed E-state index contributed by atoms with van der Waals surface area (Å²) < 4.78 is 10.6. The molecule has 1 saturated carbocycles. The van der Waals surface area contributed by atoms with Gasteiger partial charge in [0.1, 0.15) is 5.82 Å². The normalized spacial score (nSPS) is 21.5. The van der Waals surface area contributed by atoms with Crippen molar-refractivity contribution in [2.45, 2.75) is 25.2 Å². The van der Waals surface area contributed by atoms with Crippen molar-refractivity contribution >= 4 is 5.82 Å². The minimum atomic E-state index is 0.507. The fraction of sp³-hybridized carbons (Fsp3) is 0.562. The van der Waals surface area contributed by atoms with Crippen LogP contribution in [0, 0.1) is 5.92 Å². The lowest BCUT2D eigenvalue weighted by Gasteiger charge is -2.17. The van der Waals surface area contributed by atoms with E-state index in [1.165, 1.54) is 12.8 Å². The molecule has 4 rings (SSSR count). The average Bonchev–Trinajstić information content (AvgIpc) is 3.10. The first-order valence-electron chi connectivity index (χ1n) is 7.87. The minimum absolute atomic E-state index is 0.507. The van der Waals surface area contributed by atoms with Crippen molar-refractivity contribution in [2.24, 2.45) is 5.92 Å². The topological polar surface area (TPSA) is 64.3 Å². The van der Waals surface area contributed by atoms with Crippen molar-refractivity contribution < 1.29 is 9.26 Å². The Hall–Kier alpha value is -1.95. The van der Waals surface area contributed by atoms with E-state index < -0.39 is 0 Å². The summed E-state index contributed by atoms with van der Waals surface area (Å²) in [4.78, 5) is 11.3. The predicted molar refractivity (Wildman–Crippen MR) is 81.7 cm³/mol. The van der Waals surface area contributed by atoms with Gasteiger partial charge in [-0.05, 0) is 31.4 Å². The molecule has 0 radical (unpaired) electrons. The minimum Gasteiger partial charge on any atom is -0.384 e. The van der Waals surface area contributed by atoms with Gasteiger partial charge >= 0.3 is 0 Å². The van der Waals surface area contributed by atoms with Crippen LogP contribution in [0.3, 0.4) is 0 Å². The van der Waals surface area contributed by atoms with Gasteiger partial charge in [-0.25, -0.2) is 4.98 Å². The van der Waals surface area contributed by atoms with Gasteiger partial charge in [0.2, 0.25) is 0 Å². The smallest absolute Gasteiger partial charge is 0.259 e. The Morgan fingerprint density at radius 1 is 1.32 bits per heavy atom. The van der Waals surface area contributed by atoms with Crippen LogP contribution in [-0.4, -0.2) is 41.9 Å². The second-order valence-corrected chi connectivity index (χ2v) is 6.19. The third-order valence-corrected chi connectivity index (χ3v) is 4.39. The highest BCUT2D eigenvalue weighted by Gasteiger charge is 2.29. The lowest BCUT2D eigenvalue weighted by Crippen LogP contribution is -2.21. The molecule has 1 aliphatic heterocycles. The zero-order chi connectivity index (χ0) is 14.9. The molecule has 0 amide bonds. The number of hydrogen-bond acceptors (Lipinski definition) is 6. The van der Waals surface area contributed by atoms with Crippen LogP contribution < -0.4 is 4.90 Å². The summed E-state index contributed by atoms with van der Waals surface area (Å²) in [7, 11) is 1.76. The van der Waals surface area contributed by atoms with E-state index in [0.717, 1.165) is 43.3 Å². The Bertz CT molecular complexity index is 636. The molecule has 1 unspecified atom stereocenters. The summed E-state index contributed by atoms with van der Waals surface area (Å²) in [5.41, 5.74) is 0.885. The van der Waals surface area contributed by atoms with E-state index in [-0.39, 0.29) is 0 Å². The maximum absolute atomic E-state index is 5.34. The number of rotatable bonds is 5. The summed E-state index contributed by atoms with van der Waals surface area (Å²) in [5, 5.41) is 4.05. The lowest BCUT2D eigenvalue weighted by atomic mass is 10.1. The Morgan fingerprint density at radius 3 is 2.95 bits per heavy atom. The van der Waals surface area contributed by atoms with Crippen molar-refractivity contribution in [3.63, 3.8) is 0 Å². The lowest BCUT2D eigenvalue weighted by molar-refractivity contribution is 0.161. The third-order valence-electron chi connectivity index (χ3n) is 4.39. The SMILES string of the molecule is COCC1CCN(c2ccc(-c3nc(C4CC4)no3)cn2)C1. The van der Waals surface area contributed by atoms with Crippen LogP contribution in [0.25, 0.3) is 11.5 Å². The number of hydrogen-bond donors (Lipinski definition) is 0. The Balaban J connectivity index is 1.46. The van der Waals surface area contributed by atoms with E-state index >= 15 is 0 Å². The fourth-order valence-electron chi connectivity index (χ4n) is 2.97. The van der Waals surface area contributed by atoms with Crippen molar-refractivity contribution in [2.75, 3.05) is 31.7 Å². The van der Waals surface area contributed by atoms with E-state index in [1.54, 1.807) is 7.11 Å². The van der Waals surface area contributed by atoms with Gasteiger partial charge in [-0.2, -0.15) is 4.98 Å². The maximum Gasteiger partial charge on any atom is 0.259 e. The second kappa shape index (κ2) is 5.68. The average molecular weight is 300 g/mol. The number of methoxy groups -OCH3 is 1. The van der Waals surface area contributed by atoms with E-state index in [9.17, 15) is 0 Å². The fourth-order valence-corrected chi connectivity index (χ4v) is 2.97. The molecule has 0 bridgehead atoms. The molecule has 3 heterocycles. The van der Waals surface area contributed by atoms with Gasteiger partial charge in [0.25, 0.3) is 5.89 Å². The Morgan fingerprint density at radius 2 is 2.23 bits per heavy atom. The van der Waals surface area contributed by atoms with Gasteiger partial charge < -0.3 is 14.2 Å². The van der Waals surface area contributed by atoms with E-state index in [4.69, 9.17) is 9.26 Å². The molecule has 1 atom stereocenters. The number of nitrogens with zero attached hydrogens (tertiary/aromatic N) is 4. The van der Waals surface area contributed by atoms with Crippen LogP contribution in [0.1, 0.15) is 31.0 Å². The highest BCUT2D eigenvalue weighted by molar-refractivity contribution is 5.55. The van der Waals surface area contributed by atoms with Crippen molar-refractivity contribution in [3.8, 4) is 11.5 Å². The van der Waals surface area contributed by atoms with Crippen molar-refractivity contribution in [1.82, 2.24) is 15.1 Å². The monoisotopic (exact) mass is 300 g/mol. The molecule has 1 saturated heterocycles. The highest BCUT2D eigenvalue weighted by Crippen LogP contribution is 2.38. The van der Waals surface area contributed by atoms with Crippen LogP contribution in [0.2, 0.25) is 0 Å². The van der Waals surface area contributed by atoms with Gasteiger partial charge in [0, 0.05) is 38.2 Å².